The molecular weight excluding hydrogens is 261 g/mol. The lowest BCUT2D eigenvalue weighted by atomic mass is 10.3. The quantitative estimate of drug-likeness (QED) is 0.583. The predicted molar refractivity (Wildman–Crippen MR) is 67.9 cm³/mol. The monoisotopic (exact) mass is 282 g/mol. The van der Waals surface area contributed by atoms with E-state index in [9.17, 15) is 18.0 Å². The summed E-state index contributed by atoms with van der Waals surface area (Å²) < 4.78 is 36.3. The van der Waals surface area contributed by atoms with Crippen LogP contribution in [0.5, 0.6) is 0 Å². The molecule has 0 aliphatic carbocycles. The molecule has 0 spiro atoms. The number of carbonyl (C=O) groups excluding carboxylic acids is 1. The minimum Gasteiger partial charge on any atom is -0.354 e. The van der Waals surface area contributed by atoms with Crippen molar-refractivity contribution < 1.29 is 18.0 Å². The molecule has 0 aliphatic rings. The molecule has 0 aliphatic heterocycles. The number of guanidine groups is 1. The fourth-order valence-electron chi connectivity index (χ4n) is 1.18. The zero-order chi connectivity index (χ0) is 15.1. The van der Waals surface area contributed by atoms with Crippen LogP contribution in [-0.2, 0) is 4.79 Å². The Morgan fingerprint density at radius 1 is 1.42 bits per heavy atom. The van der Waals surface area contributed by atoms with Crippen molar-refractivity contribution in [2.75, 3.05) is 27.2 Å². The van der Waals surface area contributed by atoms with Gasteiger partial charge in [-0.3, -0.25) is 9.79 Å². The minimum atomic E-state index is -4.39. The summed E-state index contributed by atoms with van der Waals surface area (Å²) in [5.41, 5.74) is 0. The van der Waals surface area contributed by atoms with E-state index in [2.05, 4.69) is 15.6 Å². The van der Waals surface area contributed by atoms with Crippen LogP contribution in [0.15, 0.2) is 4.99 Å². The molecule has 0 radical (unpaired) electrons. The molecular formula is C11H21F3N4O. The Morgan fingerprint density at radius 3 is 2.42 bits per heavy atom. The molecule has 0 aromatic rings. The topological polar surface area (TPSA) is 56.7 Å². The molecule has 0 aromatic heterocycles. The number of hydrogen-bond donors (Lipinski definition) is 2. The van der Waals surface area contributed by atoms with E-state index in [1.807, 2.05) is 13.8 Å². The minimum absolute atomic E-state index is 0.161. The molecule has 0 aromatic carbocycles. The number of amides is 1. The van der Waals surface area contributed by atoms with Crippen molar-refractivity contribution in [1.82, 2.24) is 15.5 Å². The summed E-state index contributed by atoms with van der Waals surface area (Å²) in [5.74, 6) is -0.257. The van der Waals surface area contributed by atoms with Gasteiger partial charge in [0.25, 0.3) is 0 Å². The number of rotatable bonds is 5. The van der Waals surface area contributed by atoms with Gasteiger partial charge in [-0.15, -0.1) is 0 Å². The van der Waals surface area contributed by atoms with Crippen LogP contribution in [0.2, 0.25) is 0 Å². The van der Waals surface area contributed by atoms with Crippen molar-refractivity contribution in [3.8, 4) is 0 Å². The molecule has 0 saturated heterocycles. The molecule has 5 nitrogen and oxygen atoms in total. The number of alkyl halides is 3. The van der Waals surface area contributed by atoms with Gasteiger partial charge < -0.3 is 15.5 Å². The Kier molecular flexibility index (Phi) is 7.25. The maximum atomic E-state index is 12.1. The summed E-state index contributed by atoms with van der Waals surface area (Å²) >= 11 is 0. The number of nitrogens with one attached hydrogen (secondary N) is 2. The zero-order valence-electron chi connectivity index (χ0n) is 11.6. The fourth-order valence-corrected chi connectivity index (χ4v) is 1.18. The standard InChI is InChI=1S/C11H21F3N4O/c1-5-8(2)17-10(15-3)16-6-9(19)18(4)7-11(12,13)14/h8H,5-7H2,1-4H3,(H2,15,16,17). The highest BCUT2D eigenvalue weighted by molar-refractivity contribution is 5.86. The zero-order valence-corrected chi connectivity index (χ0v) is 11.6. The Hall–Kier alpha value is -1.47. The molecule has 2 N–H and O–H groups in total. The first kappa shape index (κ1) is 17.5. The second-order valence-electron chi connectivity index (χ2n) is 4.24. The molecule has 0 heterocycles. The Labute approximate surface area is 111 Å². The van der Waals surface area contributed by atoms with Gasteiger partial charge in [0.1, 0.15) is 6.54 Å². The number of halogens is 3. The van der Waals surface area contributed by atoms with Gasteiger partial charge >= 0.3 is 6.18 Å². The third-order valence-electron chi connectivity index (χ3n) is 2.47. The van der Waals surface area contributed by atoms with Crippen molar-refractivity contribution in [2.45, 2.75) is 32.5 Å². The number of nitrogens with zero attached hydrogens (tertiary/aromatic N) is 2. The van der Waals surface area contributed by atoms with E-state index in [0.29, 0.717) is 10.9 Å². The van der Waals surface area contributed by atoms with Crippen LogP contribution in [0, 0.1) is 0 Å². The van der Waals surface area contributed by atoms with Crippen LogP contribution in [-0.4, -0.2) is 56.2 Å². The summed E-state index contributed by atoms with van der Waals surface area (Å²) in [4.78, 5) is 16.0. The fraction of sp³-hybridized carbons (Fsp3) is 0.818. The van der Waals surface area contributed by atoms with Gasteiger partial charge in [-0.05, 0) is 13.3 Å². The smallest absolute Gasteiger partial charge is 0.354 e. The van der Waals surface area contributed by atoms with Crippen LogP contribution >= 0.6 is 0 Å². The maximum absolute atomic E-state index is 12.1. The van der Waals surface area contributed by atoms with Gasteiger partial charge in [0, 0.05) is 20.1 Å². The highest BCUT2D eigenvalue weighted by atomic mass is 19.4. The van der Waals surface area contributed by atoms with E-state index in [1.165, 1.54) is 7.05 Å². The van der Waals surface area contributed by atoms with E-state index < -0.39 is 18.6 Å². The predicted octanol–water partition coefficient (Wildman–Crippen LogP) is 0.971. The number of likely N-dealkylation sites (N-methyl/N-ethyl adjacent to an activating group) is 1. The van der Waals surface area contributed by atoms with Crippen LogP contribution in [0.1, 0.15) is 20.3 Å². The Morgan fingerprint density at radius 2 is 2.00 bits per heavy atom. The van der Waals surface area contributed by atoms with Crippen LogP contribution in [0.3, 0.4) is 0 Å². The average molecular weight is 282 g/mol. The first-order valence-electron chi connectivity index (χ1n) is 5.97. The van der Waals surface area contributed by atoms with Gasteiger partial charge in [0.15, 0.2) is 5.96 Å². The molecule has 1 amide bonds. The summed E-state index contributed by atoms with van der Waals surface area (Å²) in [7, 11) is 2.64. The van der Waals surface area contributed by atoms with Gasteiger partial charge in [-0.2, -0.15) is 13.2 Å². The van der Waals surface area contributed by atoms with E-state index in [4.69, 9.17) is 0 Å². The second kappa shape index (κ2) is 7.85. The summed E-state index contributed by atoms with van der Waals surface area (Å²) in [6.07, 6.45) is -3.52. The highest BCUT2D eigenvalue weighted by Gasteiger charge is 2.31. The molecule has 1 unspecified atom stereocenters. The first-order valence-corrected chi connectivity index (χ1v) is 5.97. The van der Waals surface area contributed by atoms with Crippen molar-refractivity contribution in [3.63, 3.8) is 0 Å². The van der Waals surface area contributed by atoms with E-state index in [0.717, 1.165) is 13.5 Å². The lowest BCUT2D eigenvalue weighted by Crippen LogP contribution is -2.47. The number of aliphatic imine (C=N–C) groups is 1. The van der Waals surface area contributed by atoms with E-state index >= 15 is 0 Å². The van der Waals surface area contributed by atoms with Crippen molar-refractivity contribution in [2.24, 2.45) is 4.99 Å². The Bertz CT molecular complexity index is 318. The number of carbonyl (C=O) groups is 1. The van der Waals surface area contributed by atoms with E-state index in [1.54, 1.807) is 0 Å². The molecule has 0 saturated carbocycles. The summed E-state index contributed by atoms with van der Waals surface area (Å²) in [6, 6.07) is 0.161. The molecule has 112 valence electrons. The molecule has 1 atom stereocenters. The molecule has 0 rings (SSSR count). The van der Waals surface area contributed by atoms with Crippen LogP contribution in [0.4, 0.5) is 13.2 Å². The SMILES string of the molecule is CCC(C)NC(=NC)NCC(=O)N(C)CC(F)(F)F. The normalized spacial score (nSPS) is 13.9. The van der Waals surface area contributed by atoms with Crippen LogP contribution < -0.4 is 10.6 Å². The van der Waals surface area contributed by atoms with Gasteiger partial charge in [0.2, 0.25) is 5.91 Å². The highest BCUT2D eigenvalue weighted by Crippen LogP contribution is 2.15. The lowest BCUT2D eigenvalue weighted by Gasteiger charge is -2.21. The molecule has 0 bridgehead atoms. The third-order valence-corrected chi connectivity index (χ3v) is 2.47. The van der Waals surface area contributed by atoms with Crippen molar-refractivity contribution in [1.29, 1.82) is 0 Å². The van der Waals surface area contributed by atoms with Gasteiger partial charge in [-0.1, -0.05) is 6.92 Å². The molecule has 19 heavy (non-hydrogen) atoms. The maximum Gasteiger partial charge on any atom is 0.406 e. The van der Waals surface area contributed by atoms with Crippen LogP contribution in [0.25, 0.3) is 0 Å². The summed E-state index contributed by atoms with van der Waals surface area (Å²) in [6.45, 7) is 2.42. The van der Waals surface area contributed by atoms with Gasteiger partial charge in [-0.25, -0.2) is 0 Å². The molecule has 0 fully saturated rings. The second-order valence-corrected chi connectivity index (χ2v) is 4.24. The molecule has 8 heteroatoms. The average Bonchev–Trinajstić information content (AvgIpc) is 2.31. The van der Waals surface area contributed by atoms with Crippen molar-refractivity contribution >= 4 is 11.9 Å². The van der Waals surface area contributed by atoms with Crippen molar-refractivity contribution in [3.05, 3.63) is 0 Å². The van der Waals surface area contributed by atoms with E-state index in [-0.39, 0.29) is 12.6 Å². The van der Waals surface area contributed by atoms with Gasteiger partial charge in [0.05, 0.1) is 6.54 Å². The number of hydrogen-bond acceptors (Lipinski definition) is 2. The largest absolute Gasteiger partial charge is 0.406 e. The third kappa shape index (κ3) is 8.28. The Balaban J connectivity index is 4.20. The lowest BCUT2D eigenvalue weighted by molar-refractivity contribution is -0.157. The first-order chi connectivity index (χ1) is 8.69. The summed E-state index contributed by atoms with van der Waals surface area (Å²) in [5, 5.41) is 5.69.